The number of quaternary nitrogens is 1. The van der Waals surface area contributed by atoms with Crippen molar-refractivity contribution in [2.75, 3.05) is 19.6 Å². The molecule has 120 valence electrons. The Morgan fingerprint density at radius 1 is 1.10 bits per heavy atom. The first-order chi connectivity index (χ1) is 9.83. The second kappa shape index (κ2) is 5.26. The molecule has 3 rings (SSSR count). The summed E-state index contributed by atoms with van der Waals surface area (Å²) in [5.41, 5.74) is 0.257. The molecule has 0 radical (unpaired) electrons. The Labute approximate surface area is 129 Å². The van der Waals surface area contributed by atoms with Gasteiger partial charge in [0.2, 0.25) is 0 Å². The highest BCUT2D eigenvalue weighted by atomic mass is 16.2. The number of hydrogen-bond acceptors (Lipinski definition) is 1. The topological polar surface area (TPSA) is 33.5 Å². The first-order valence-electron chi connectivity index (χ1n) is 8.97. The number of hydrogen-bond donors (Lipinski definition) is 2. The summed E-state index contributed by atoms with van der Waals surface area (Å²) in [5, 5.41) is 3.48. The number of nitrogens with one attached hydrogen (secondary N) is 2. The number of piperidine rings is 1. The molecule has 3 nitrogen and oxygen atoms in total. The van der Waals surface area contributed by atoms with E-state index in [1.54, 1.807) is 0 Å². The number of amides is 1. The minimum absolute atomic E-state index is 0.00944. The van der Waals surface area contributed by atoms with E-state index in [0.29, 0.717) is 12.5 Å². The number of fused-ring (bicyclic) bond motifs is 2. The third kappa shape index (κ3) is 2.52. The van der Waals surface area contributed by atoms with Gasteiger partial charge in [-0.1, -0.05) is 20.8 Å². The Balaban J connectivity index is 1.59. The van der Waals surface area contributed by atoms with Crippen LogP contribution in [0.3, 0.4) is 0 Å². The van der Waals surface area contributed by atoms with Crippen molar-refractivity contribution in [3.05, 3.63) is 0 Å². The summed E-state index contributed by atoms with van der Waals surface area (Å²) in [5.74, 6) is 2.62. The smallest absolute Gasteiger partial charge is 0.275 e. The molecule has 1 saturated heterocycles. The van der Waals surface area contributed by atoms with E-state index in [1.165, 1.54) is 50.1 Å². The van der Waals surface area contributed by atoms with Gasteiger partial charge in [0.05, 0.1) is 13.1 Å². The summed E-state index contributed by atoms with van der Waals surface area (Å²) < 4.78 is 0. The molecule has 3 atom stereocenters. The molecule has 3 aliphatic rings. The zero-order chi connectivity index (χ0) is 15.3. The molecule has 0 aromatic carbocycles. The van der Waals surface area contributed by atoms with Crippen LogP contribution in [0.2, 0.25) is 0 Å². The van der Waals surface area contributed by atoms with Crippen molar-refractivity contribution in [3.63, 3.8) is 0 Å². The summed E-state index contributed by atoms with van der Waals surface area (Å²) in [7, 11) is 0. The van der Waals surface area contributed by atoms with E-state index in [1.807, 2.05) is 0 Å². The van der Waals surface area contributed by atoms with Crippen LogP contribution in [-0.2, 0) is 4.79 Å². The molecular weight excluding hydrogens is 260 g/mol. The van der Waals surface area contributed by atoms with Crippen molar-refractivity contribution in [1.29, 1.82) is 0 Å². The average molecular weight is 293 g/mol. The predicted octanol–water partition coefficient (Wildman–Crippen LogP) is 1.63. The Morgan fingerprint density at radius 2 is 1.71 bits per heavy atom. The molecule has 0 aromatic heterocycles. The highest BCUT2D eigenvalue weighted by molar-refractivity contribution is 5.78. The quantitative estimate of drug-likeness (QED) is 0.815. The summed E-state index contributed by atoms with van der Waals surface area (Å²) in [4.78, 5) is 14.1. The van der Waals surface area contributed by atoms with E-state index in [4.69, 9.17) is 0 Å². The third-order valence-electron chi connectivity index (χ3n) is 7.40. The molecule has 0 aromatic rings. The van der Waals surface area contributed by atoms with Gasteiger partial charge in [0.1, 0.15) is 0 Å². The fourth-order valence-corrected chi connectivity index (χ4v) is 5.28. The zero-order valence-electron chi connectivity index (χ0n) is 14.3. The van der Waals surface area contributed by atoms with E-state index < -0.39 is 0 Å². The predicted molar refractivity (Wildman–Crippen MR) is 85.1 cm³/mol. The lowest BCUT2D eigenvalue weighted by Crippen LogP contribution is -3.14. The van der Waals surface area contributed by atoms with Gasteiger partial charge in [-0.3, -0.25) is 4.79 Å². The van der Waals surface area contributed by atoms with Gasteiger partial charge in [0.15, 0.2) is 6.54 Å². The van der Waals surface area contributed by atoms with Crippen LogP contribution in [0.4, 0.5) is 0 Å². The zero-order valence-corrected chi connectivity index (χ0v) is 14.3. The van der Waals surface area contributed by atoms with E-state index in [-0.39, 0.29) is 16.9 Å². The van der Waals surface area contributed by atoms with Crippen LogP contribution in [0.1, 0.15) is 59.8 Å². The lowest BCUT2D eigenvalue weighted by atomic mass is 9.64. The van der Waals surface area contributed by atoms with Crippen LogP contribution >= 0.6 is 0 Å². The average Bonchev–Trinajstić information content (AvgIpc) is 2.96. The Kier molecular flexibility index (Phi) is 3.84. The van der Waals surface area contributed by atoms with Crippen molar-refractivity contribution in [3.8, 4) is 0 Å². The molecule has 21 heavy (non-hydrogen) atoms. The maximum atomic E-state index is 12.6. The van der Waals surface area contributed by atoms with Crippen LogP contribution in [0, 0.1) is 23.2 Å². The van der Waals surface area contributed by atoms with Crippen LogP contribution in [0.5, 0.6) is 0 Å². The number of carbonyl (C=O) groups excluding carboxylic acids is 1. The van der Waals surface area contributed by atoms with Crippen LogP contribution < -0.4 is 10.2 Å². The van der Waals surface area contributed by atoms with Gasteiger partial charge in [0.25, 0.3) is 5.91 Å². The number of likely N-dealkylation sites (tertiary alicyclic amines) is 1. The van der Waals surface area contributed by atoms with Crippen molar-refractivity contribution in [2.45, 2.75) is 65.3 Å². The van der Waals surface area contributed by atoms with Crippen LogP contribution in [0.15, 0.2) is 0 Å². The van der Waals surface area contributed by atoms with Gasteiger partial charge in [-0.15, -0.1) is 0 Å². The normalized spacial score (nSPS) is 44.8. The van der Waals surface area contributed by atoms with E-state index in [2.05, 4.69) is 33.0 Å². The van der Waals surface area contributed by atoms with Gasteiger partial charge >= 0.3 is 0 Å². The molecule has 2 bridgehead atoms. The molecule has 2 aliphatic carbocycles. The van der Waals surface area contributed by atoms with Gasteiger partial charge in [-0.2, -0.15) is 0 Å². The molecule has 2 saturated carbocycles. The second-order valence-electron chi connectivity index (χ2n) is 8.79. The SMILES string of the molecule is CC1CC[NH+](CC(=O)N[C@]2(C)[C@H]3CC[C@H](C3)C2(C)C)CC1. The molecule has 2 N–H and O–H groups in total. The fraction of sp³-hybridized carbons (Fsp3) is 0.944. The molecule has 1 heterocycles. The van der Waals surface area contributed by atoms with Gasteiger partial charge in [0, 0.05) is 5.54 Å². The molecule has 1 aliphatic heterocycles. The van der Waals surface area contributed by atoms with E-state index >= 15 is 0 Å². The third-order valence-corrected chi connectivity index (χ3v) is 7.40. The highest BCUT2D eigenvalue weighted by Crippen LogP contribution is 2.61. The molecular formula is C18H33N2O+. The van der Waals surface area contributed by atoms with Crippen LogP contribution in [-0.4, -0.2) is 31.1 Å². The molecule has 0 spiro atoms. The van der Waals surface area contributed by atoms with E-state index in [0.717, 1.165) is 11.8 Å². The van der Waals surface area contributed by atoms with Crippen LogP contribution in [0.25, 0.3) is 0 Å². The van der Waals surface area contributed by atoms with E-state index in [9.17, 15) is 4.79 Å². The molecule has 3 heteroatoms. The lowest BCUT2D eigenvalue weighted by molar-refractivity contribution is -0.898. The molecule has 3 fully saturated rings. The van der Waals surface area contributed by atoms with Crippen molar-refractivity contribution in [1.82, 2.24) is 5.32 Å². The van der Waals surface area contributed by atoms with Gasteiger partial charge in [-0.25, -0.2) is 0 Å². The van der Waals surface area contributed by atoms with Gasteiger partial charge < -0.3 is 10.2 Å². The standard InChI is InChI=1S/C18H32N2O/c1-13-7-9-20(10-8-13)12-16(21)19-18(4)15-6-5-14(11-15)17(18,2)3/h13-15H,5-12H2,1-4H3,(H,19,21)/p+1/t14-,15+,18-/m1/s1. The Bertz CT molecular complexity index is 411. The van der Waals surface area contributed by atoms with Crippen molar-refractivity contribution >= 4 is 5.91 Å². The highest BCUT2D eigenvalue weighted by Gasteiger charge is 2.60. The number of rotatable bonds is 3. The maximum absolute atomic E-state index is 12.6. The fourth-order valence-electron chi connectivity index (χ4n) is 5.28. The minimum atomic E-state index is 0.00944. The minimum Gasteiger partial charge on any atom is -0.345 e. The Morgan fingerprint density at radius 3 is 2.29 bits per heavy atom. The largest absolute Gasteiger partial charge is 0.345 e. The summed E-state index contributed by atoms with van der Waals surface area (Å²) >= 11 is 0. The monoisotopic (exact) mass is 293 g/mol. The first-order valence-corrected chi connectivity index (χ1v) is 8.97. The summed E-state index contributed by atoms with van der Waals surface area (Å²) in [6, 6.07) is 0. The number of carbonyl (C=O) groups is 1. The lowest BCUT2D eigenvalue weighted by Gasteiger charge is -2.48. The van der Waals surface area contributed by atoms with Crippen molar-refractivity contribution in [2.24, 2.45) is 23.2 Å². The van der Waals surface area contributed by atoms with Gasteiger partial charge in [-0.05, 0) is 62.2 Å². The summed E-state index contributed by atoms with van der Waals surface area (Å²) in [6.45, 7) is 12.4. The Hall–Kier alpha value is -0.570. The second-order valence-corrected chi connectivity index (χ2v) is 8.79. The summed E-state index contributed by atoms with van der Waals surface area (Å²) in [6.07, 6.45) is 6.53. The molecule has 1 amide bonds. The molecule has 0 unspecified atom stereocenters. The maximum Gasteiger partial charge on any atom is 0.275 e. The van der Waals surface area contributed by atoms with Crippen molar-refractivity contribution < 1.29 is 9.69 Å². The first kappa shape index (κ1) is 15.3.